The molecule has 1 fully saturated rings. The average molecular weight is 174 g/mol. The average Bonchev–Trinajstić information content (AvgIpc) is 2.62. The molecule has 3 heteroatoms. The predicted octanol–water partition coefficient (Wildman–Crippen LogP) is 0.687. The Morgan fingerprint density at radius 3 is 2.42 bits per heavy atom. The van der Waals surface area contributed by atoms with Crippen LogP contribution in [0.2, 0.25) is 0 Å². The van der Waals surface area contributed by atoms with E-state index in [0.29, 0.717) is 19.4 Å². The Kier molecular flexibility index (Phi) is 2.47. The van der Waals surface area contributed by atoms with Crippen LogP contribution in [-0.2, 0) is 4.74 Å². The molecule has 0 spiro atoms. The normalized spacial score (nSPS) is 31.8. The zero-order chi connectivity index (χ0) is 9.41. The zero-order valence-corrected chi connectivity index (χ0v) is 8.00. The highest BCUT2D eigenvalue weighted by Crippen LogP contribution is 2.33. The molecule has 2 atom stereocenters. The largest absolute Gasteiger partial charge is 0.390 e. The van der Waals surface area contributed by atoms with Gasteiger partial charge in [-0.1, -0.05) is 0 Å². The number of ether oxygens (including phenoxy) is 1. The molecule has 2 N–H and O–H groups in total. The molecule has 0 aromatic heterocycles. The summed E-state index contributed by atoms with van der Waals surface area (Å²) in [4.78, 5) is 0. The SMILES string of the molecule is CC(C)(O)CC[C@H](O)[C@]1(C)CO1. The van der Waals surface area contributed by atoms with Gasteiger partial charge in [-0.15, -0.1) is 0 Å². The van der Waals surface area contributed by atoms with Crippen LogP contribution in [0.25, 0.3) is 0 Å². The van der Waals surface area contributed by atoms with Crippen LogP contribution in [0.15, 0.2) is 0 Å². The van der Waals surface area contributed by atoms with E-state index in [4.69, 9.17) is 4.74 Å². The van der Waals surface area contributed by atoms with E-state index in [1.54, 1.807) is 13.8 Å². The maximum absolute atomic E-state index is 9.58. The van der Waals surface area contributed by atoms with Crippen molar-refractivity contribution in [2.24, 2.45) is 0 Å². The number of rotatable bonds is 4. The maximum atomic E-state index is 9.58. The van der Waals surface area contributed by atoms with Gasteiger partial charge in [0.2, 0.25) is 0 Å². The molecular weight excluding hydrogens is 156 g/mol. The first-order valence-electron chi connectivity index (χ1n) is 4.38. The first-order chi connectivity index (χ1) is 5.33. The van der Waals surface area contributed by atoms with Gasteiger partial charge in [0.25, 0.3) is 0 Å². The van der Waals surface area contributed by atoms with Crippen LogP contribution in [0.5, 0.6) is 0 Å². The van der Waals surface area contributed by atoms with Crippen LogP contribution in [0.3, 0.4) is 0 Å². The lowest BCUT2D eigenvalue weighted by atomic mass is 9.95. The van der Waals surface area contributed by atoms with Crippen molar-refractivity contribution in [3.8, 4) is 0 Å². The minimum absolute atomic E-state index is 0.328. The summed E-state index contributed by atoms with van der Waals surface area (Å²) in [5.74, 6) is 0. The molecule has 0 amide bonds. The summed E-state index contributed by atoms with van der Waals surface area (Å²) >= 11 is 0. The molecule has 0 saturated carbocycles. The zero-order valence-electron chi connectivity index (χ0n) is 8.00. The number of epoxide rings is 1. The monoisotopic (exact) mass is 174 g/mol. The van der Waals surface area contributed by atoms with Gasteiger partial charge in [0.15, 0.2) is 0 Å². The van der Waals surface area contributed by atoms with E-state index in [-0.39, 0.29) is 5.60 Å². The number of hydrogen-bond donors (Lipinski definition) is 2. The predicted molar refractivity (Wildman–Crippen MR) is 45.9 cm³/mol. The molecule has 1 saturated heterocycles. The van der Waals surface area contributed by atoms with Crippen molar-refractivity contribution in [3.05, 3.63) is 0 Å². The van der Waals surface area contributed by atoms with Crippen LogP contribution in [0.4, 0.5) is 0 Å². The van der Waals surface area contributed by atoms with Gasteiger partial charge >= 0.3 is 0 Å². The van der Waals surface area contributed by atoms with E-state index in [0.717, 1.165) is 0 Å². The third-order valence-corrected chi connectivity index (χ3v) is 2.33. The van der Waals surface area contributed by atoms with Gasteiger partial charge in [-0.25, -0.2) is 0 Å². The minimum Gasteiger partial charge on any atom is -0.390 e. The fraction of sp³-hybridized carbons (Fsp3) is 1.00. The summed E-state index contributed by atoms with van der Waals surface area (Å²) in [6.07, 6.45) is 0.761. The first kappa shape index (κ1) is 9.96. The molecule has 1 heterocycles. The summed E-state index contributed by atoms with van der Waals surface area (Å²) < 4.78 is 5.09. The van der Waals surface area contributed by atoms with Crippen molar-refractivity contribution >= 4 is 0 Å². The van der Waals surface area contributed by atoms with Crippen molar-refractivity contribution in [1.29, 1.82) is 0 Å². The summed E-state index contributed by atoms with van der Waals surface area (Å²) in [5.41, 5.74) is -1.02. The fourth-order valence-corrected chi connectivity index (χ4v) is 1.10. The van der Waals surface area contributed by atoms with Gasteiger partial charge in [-0.05, 0) is 33.6 Å². The Bertz CT molecular complexity index is 156. The van der Waals surface area contributed by atoms with E-state index in [1.165, 1.54) is 0 Å². The van der Waals surface area contributed by atoms with Crippen LogP contribution in [0.1, 0.15) is 33.6 Å². The Labute approximate surface area is 73.4 Å². The second kappa shape index (κ2) is 2.98. The molecule has 0 unspecified atom stereocenters. The van der Waals surface area contributed by atoms with Gasteiger partial charge in [-0.2, -0.15) is 0 Å². The quantitative estimate of drug-likeness (QED) is 0.616. The molecule has 1 aliphatic heterocycles. The Hall–Kier alpha value is -0.120. The van der Waals surface area contributed by atoms with Crippen molar-refractivity contribution in [1.82, 2.24) is 0 Å². The maximum Gasteiger partial charge on any atom is 0.115 e. The Balaban J connectivity index is 2.23. The highest BCUT2D eigenvalue weighted by molar-refractivity contribution is 4.94. The number of hydrogen-bond acceptors (Lipinski definition) is 3. The highest BCUT2D eigenvalue weighted by atomic mass is 16.6. The summed E-state index contributed by atoms with van der Waals surface area (Å²) in [6.45, 7) is 6.02. The highest BCUT2D eigenvalue weighted by Gasteiger charge is 2.46. The lowest BCUT2D eigenvalue weighted by molar-refractivity contribution is 0.0266. The van der Waals surface area contributed by atoms with Crippen molar-refractivity contribution < 1.29 is 14.9 Å². The molecule has 0 aromatic rings. The molecule has 0 radical (unpaired) electrons. The number of aliphatic hydroxyl groups is 2. The van der Waals surface area contributed by atoms with Crippen molar-refractivity contribution in [2.75, 3.05) is 6.61 Å². The Morgan fingerprint density at radius 2 is 2.08 bits per heavy atom. The van der Waals surface area contributed by atoms with Crippen LogP contribution in [0, 0.1) is 0 Å². The topological polar surface area (TPSA) is 53.0 Å². The van der Waals surface area contributed by atoms with Gasteiger partial charge in [-0.3, -0.25) is 0 Å². The van der Waals surface area contributed by atoms with Crippen LogP contribution < -0.4 is 0 Å². The first-order valence-corrected chi connectivity index (χ1v) is 4.38. The molecule has 0 bridgehead atoms. The van der Waals surface area contributed by atoms with Crippen LogP contribution in [-0.4, -0.2) is 34.1 Å². The molecule has 1 aliphatic rings. The summed E-state index contributed by atoms with van der Waals surface area (Å²) in [7, 11) is 0. The lowest BCUT2D eigenvalue weighted by Crippen LogP contribution is -2.29. The molecule has 72 valence electrons. The van der Waals surface area contributed by atoms with Crippen LogP contribution >= 0.6 is 0 Å². The standard InChI is InChI=1S/C9H18O3/c1-8(2,11)5-4-7(10)9(3)6-12-9/h7,10-11H,4-6H2,1-3H3/t7-,9-/m0/s1. The third kappa shape index (κ3) is 2.73. The summed E-state index contributed by atoms with van der Waals surface area (Å²) in [5, 5.41) is 19.0. The van der Waals surface area contributed by atoms with Gasteiger partial charge in [0.1, 0.15) is 5.60 Å². The second-order valence-corrected chi connectivity index (χ2v) is 4.47. The fourth-order valence-electron chi connectivity index (χ4n) is 1.10. The van der Waals surface area contributed by atoms with Crippen molar-refractivity contribution in [3.63, 3.8) is 0 Å². The van der Waals surface area contributed by atoms with Gasteiger partial charge in [0.05, 0.1) is 18.3 Å². The Morgan fingerprint density at radius 1 is 1.58 bits per heavy atom. The summed E-state index contributed by atoms with van der Waals surface area (Å²) in [6, 6.07) is 0. The van der Waals surface area contributed by atoms with E-state index >= 15 is 0 Å². The number of aliphatic hydroxyl groups excluding tert-OH is 1. The molecule has 0 aliphatic carbocycles. The minimum atomic E-state index is -0.688. The molecular formula is C9H18O3. The molecule has 12 heavy (non-hydrogen) atoms. The third-order valence-electron chi connectivity index (χ3n) is 2.33. The van der Waals surface area contributed by atoms with E-state index in [9.17, 15) is 10.2 Å². The van der Waals surface area contributed by atoms with E-state index in [2.05, 4.69) is 0 Å². The molecule has 1 rings (SSSR count). The van der Waals surface area contributed by atoms with Gasteiger partial charge < -0.3 is 14.9 Å². The lowest BCUT2D eigenvalue weighted by Gasteiger charge is -2.21. The molecule has 3 nitrogen and oxygen atoms in total. The smallest absolute Gasteiger partial charge is 0.115 e. The van der Waals surface area contributed by atoms with E-state index < -0.39 is 11.7 Å². The molecule has 0 aromatic carbocycles. The second-order valence-electron chi connectivity index (χ2n) is 4.47. The van der Waals surface area contributed by atoms with Crippen molar-refractivity contribution in [2.45, 2.75) is 50.9 Å². The van der Waals surface area contributed by atoms with E-state index in [1.807, 2.05) is 6.92 Å². The van der Waals surface area contributed by atoms with Gasteiger partial charge in [0, 0.05) is 0 Å².